The first-order valence-corrected chi connectivity index (χ1v) is 10.5. The molecule has 2 amide bonds. The molecule has 2 rings (SSSR count). The van der Waals surface area contributed by atoms with Crippen molar-refractivity contribution >= 4 is 12.0 Å². The van der Waals surface area contributed by atoms with Crippen LogP contribution in [0, 0.1) is 19.8 Å². The summed E-state index contributed by atoms with van der Waals surface area (Å²) >= 11 is 0. The van der Waals surface area contributed by atoms with Gasteiger partial charge < -0.3 is 19.3 Å². The lowest BCUT2D eigenvalue weighted by Gasteiger charge is -2.35. The summed E-state index contributed by atoms with van der Waals surface area (Å²) in [7, 11) is 1.76. The Kier molecular flexibility index (Phi) is 7.94. The predicted molar refractivity (Wildman–Crippen MR) is 114 cm³/mol. The number of aryl methyl sites for hydroxylation is 2. The Morgan fingerprint density at radius 1 is 1.24 bits per heavy atom. The maximum absolute atomic E-state index is 12.6. The molecule has 162 valence electrons. The van der Waals surface area contributed by atoms with E-state index >= 15 is 0 Å². The van der Waals surface area contributed by atoms with Crippen molar-refractivity contribution in [3.8, 4) is 5.75 Å². The summed E-state index contributed by atoms with van der Waals surface area (Å²) in [4.78, 5) is 28.3. The Balaban J connectivity index is 1.79. The van der Waals surface area contributed by atoms with Crippen molar-refractivity contribution in [3.05, 3.63) is 29.3 Å². The molecule has 1 atom stereocenters. The highest BCUT2D eigenvalue weighted by Crippen LogP contribution is 2.21. The van der Waals surface area contributed by atoms with Crippen molar-refractivity contribution in [2.24, 2.45) is 5.92 Å². The lowest BCUT2D eigenvalue weighted by Crippen LogP contribution is -2.45. The highest BCUT2D eigenvalue weighted by atomic mass is 16.6. The monoisotopic (exact) mass is 404 g/mol. The molecule has 0 radical (unpaired) electrons. The summed E-state index contributed by atoms with van der Waals surface area (Å²) < 4.78 is 11.2. The first-order valence-electron chi connectivity index (χ1n) is 10.5. The van der Waals surface area contributed by atoms with E-state index in [9.17, 15) is 9.59 Å². The molecule has 0 saturated carbocycles. The first-order chi connectivity index (χ1) is 13.5. The van der Waals surface area contributed by atoms with Gasteiger partial charge in [-0.05, 0) is 65.0 Å². The number of carbonyl (C=O) groups is 2. The fourth-order valence-electron chi connectivity index (χ4n) is 3.61. The van der Waals surface area contributed by atoms with Gasteiger partial charge in [0.1, 0.15) is 11.4 Å². The molecule has 6 nitrogen and oxygen atoms in total. The van der Waals surface area contributed by atoms with Gasteiger partial charge in [-0.15, -0.1) is 0 Å². The van der Waals surface area contributed by atoms with E-state index in [-0.39, 0.29) is 17.9 Å². The summed E-state index contributed by atoms with van der Waals surface area (Å²) in [6.45, 7) is 12.1. The van der Waals surface area contributed by atoms with Gasteiger partial charge in [-0.25, -0.2) is 4.79 Å². The average molecular weight is 405 g/mol. The van der Waals surface area contributed by atoms with Gasteiger partial charge in [-0.1, -0.05) is 17.7 Å². The number of hydrogen-bond donors (Lipinski definition) is 0. The molecule has 1 heterocycles. The minimum Gasteiger partial charge on any atom is -0.493 e. The molecule has 0 bridgehead atoms. The third-order valence-corrected chi connectivity index (χ3v) is 5.01. The number of amides is 2. The van der Waals surface area contributed by atoms with E-state index in [1.807, 2.05) is 51.7 Å². The Bertz CT molecular complexity index is 711. The quantitative estimate of drug-likeness (QED) is 0.714. The molecule has 6 heteroatoms. The van der Waals surface area contributed by atoms with E-state index in [2.05, 4.69) is 6.07 Å². The zero-order chi connectivity index (χ0) is 21.6. The van der Waals surface area contributed by atoms with Gasteiger partial charge >= 0.3 is 6.09 Å². The molecular weight excluding hydrogens is 368 g/mol. The highest BCUT2D eigenvalue weighted by Gasteiger charge is 2.27. The van der Waals surface area contributed by atoms with Crippen LogP contribution in [0.15, 0.2) is 18.2 Å². The number of ether oxygens (including phenoxy) is 2. The largest absolute Gasteiger partial charge is 0.493 e. The Morgan fingerprint density at radius 3 is 2.62 bits per heavy atom. The number of piperidine rings is 1. The summed E-state index contributed by atoms with van der Waals surface area (Å²) in [6.07, 6.45) is 2.01. The minimum absolute atomic E-state index is 0.111. The molecule has 1 saturated heterocycles. The molecule has 0 aliphatic carbocycles. The van der Waals surface area contributed by atoms with Crippen LogP contribution in [0.4, 0.5) is 4.79 Å². The number of rotatable bonds is 6. The van der Waals surface area contributed by atoms with E-state index in [4.69, 9.17) is 9.47 Å². The lowest BCUT2D eigenvalue weighted by molar-refractivity contribution is -0.133. The van der Waals surface area contributed by atoms with Crippen molar-refractivity contribution in [2.45, 2.75) is 59.5 Å². The minimum atomic E-state index is -0.504. The van der Waals surface area contributed by atoms with Gasteiger partial charge in [0.15, 0.2) is 0 Å². The molecule has 0 N–H and O–H groups in total. The number of benzene rings is 1. The van der Waals surface area contributed by atoms with E-state index in [1.54, 1.807) is 11.9 Å². The molecule has 1 aromatic rings. The topological polar surface area (TPSA) is 59.1 Å². The molecule has 1 aromatic carbocycles. The predicted octanol–water partition coefficient (Wildman–Crippen LogP) is 4.18. The third-order valence-electron chi connectivity index (χ3n) is 5.01. The van der Waals surface area contributed by atoms with Crippen molar-refractivity contribution < 1.29 is 19.1 Å². The molecule has 1 aliphatic rings. The van der Waals surface area contributed by atoms with Crippen LogP contribution < -0.4 is 4.74 Å². The van der Waals surface area contributed by atoms with Gasteiger partial charge in [-0.2, -0.15) is 0 Å². The van der Waals surface area contributed by atoms with Crippen LogP contribution in [0.2, 0.25) is 0 Å². The normalized spacial score (nSPS) is 17.0. The van der Waals surface area contributed by atoms with Gasteiger partial charge in [0.2, 0.25) is 5.91 Å². The number of likely N-dealkylation sites (tertiary alicyclic amines) is 1. The summed E-state index contributed by atoms with van der Waals surface area (Å²) in [6, 6.07) is 6.05. The van der Waals surface area contributed by atoms with Gasteiger partial charge in [0.25, 0.3) is 0 Å². The standard InChI is InChI=1S/C23H36N2O4/c1-17-9-10-20(18(2)14-17)28-13-11-21(26)25-12-7-8-19(16-25)15-24(6)22(27)29-23(3,4)5/h9-10,14,19H,7-8,11-13,15-16H2,1-6H3. The van der Waals surface area contributed by atoms with Crippen LogP contribution in [-0.2, 0) is 9.53 Å². The fraction of sp³-hybridized carbons (Fsp3) is 0.652. The van der Waals surface area contributed by atoms with Gasteiger partial charge in [0.05, 0.1) is 13.0 Å². The van der Waals surface area contributed by atoms with Crippen LogP contribution in [0.25, 0.3) is 0 Å². The van der Waals surface area contributed by atoms with Crippen LogP contribution in [0.5, 0.6) is 5.75 Å². The fourth-order valence-corrected chi connectivity index (χ4v) is 3.61. The van der Waals surface area contributed by atoms with Crippen molar-refractivity contribution in [3.63, 3.8) is 0 Å². The lowest BCUT2D eigenvalue weighted by atomic mass is 9.97. The van der Waals surface area contributed by atoms with Gasteiger partial charge in [-0.3, -0.25) is 4.79 Å². The zero-order valence-corrected chi connectivity index (χ0v) is 18.8. The second kappa shape index (κ2) is 9.99. The van der Waals surface area contributed by atoms with Crippen LogP contribution >= 0.6 is 0 Å². The summed E-state index contributed by atoms with van der Waals surface area (Å²) in [5.74, 6) is 1.21. The van der Waals surface area contributed by atoms with Crippen LogP contribution in [-0.4, -0.2) is 60.7 Å². The van der Waals surface area contributed by atoms with E-state index in [1.165, 1.54) is 5.56 Å². The van der Waals surface area contributed by atoms with Crippen molar-refractivity contribution in [2.75, 3.05) is 33.3 Å². The number of hydrogen-bond acceptors (Lipinski definition) is 4. The van der Waals surface area contributed by atoms with E-state index < -0.39 is 5.60 Å². The second-order valence-electron chi connectivity index (χ2n) is 9.08. The number of carbonyl (C=O) groups excluding carboxylic acids is 2. The second-order valence-corrected chi connectivity index (χ2v) is 9.08. The Morgan fingerprint density at radius 2 is 1.97 bits per heavy atom. The molecule has 1 unspecified atom stereocenters. The zero-order valence-electron chi connectivity index (χ0n) is 18.8. The first kappa shape index (κ1) is 23.0. The maximum atomic E-state index is 12.6. The van der Waals surface area contributed by atoms with Gasteiger partial charge in [0, 0.05) is 26.7 Å². The third kappa shape index (κ3) is 7.59. The van der Waals surface area contributed by atoms with Crippen molar-refractivity contribution in [1.29, 1.82) is 0 Å². The average Bonchev–Trinajstić information content (AvgIpc) is 2.62. The molecular formula is C23H36N2O4. The van der Waals surface area contributed by atoms with Crippen LogP contribution in [0.1, 0.15) is 51.2 Å². The highest BCUT2D eigenvalue weighted by molar-refractivity contribution is 5.76. The SMILES string of the molecule is Cc1ccc(OCCC(=O)N2CCCC(CN(C)C(=O)OC(C)(C)C)C2)c(C)c1. The maximum Gasteiger partial charge on any atom is 0.410 e. The molecule has 0 spiro atoms. The Hall–Kier alpha value is -2.24. The van der Waals surface area contributed by atoms with Crippen LogP contribution in [0.3, 0.4) is 0 Å². The summed E-state index contributed by atoms with van der Waals surface area (Å²) in [5.41, 5.74) is 1.78. The molecule has 0 aromatic heterocycles. The molecule has 1 aliphatic heterocycles. The summed E-state index contributed by atoms with van der Waals surface area (Å²) in [5, 5.41) is 0. The van der Waals surface area contributed by atoms with Crippen molar-refractivity contribution in [1.82, 2.24) is 9.80 Å². The smallest absolute Gasteiger partial charge is 0.410 e. The molecule has 1 fully saturated rings. The molecule has 29 heavy (non-hydrogen) atoms. The number of nitrogens with zero attached hydrogens (tertiary/aromatic N) is 2. The van der Waals surface area contributed by atoms with E-state index in [0.29, 0.717) is 26.1 Å². The van der Waals surface area contributed by atoms with E-state index in [0.717, 1.165) is 30.7 Å². The Labute approximate surface area is 175 Å².